The highest BCUT2D eigenvalue weighted by Gasteiger charge is 2.16. The number of carbonyl (C=O) groups excluding carboxylic acids is 2. The standard InChI is InChI=1S/C20H20N4O2S/c1-13-8-10-16(11-9-13)23-19(26)24-20-22-14(2)17(27-20)18(25)21-12-15-6-4-3-5-7-15/h3-11H,12H2,1-2H3,(H,21,25)(H2,22,23,24,26). The maximum atomic E-state index is 12.4. The Kier molecular flexibility index (Phi) is 5.83. The minimum atomic E-state index is -0.399. The molecule has 6 nitrogen and oxygen atoms in total. The molecule has 0 radical (unpaired) electrons. The number of nitrogens with zero attached hydrogens (tertiary/aromatic N) is 1. The fraction of sp³-hybridized carbons (Fsp3) is 0.150. The number of rotatable bonds is 5. The second-order valence-corrected chi connectivity index (χ2v) is 7.05. The number of aryl methyl sites for hydroxylation is 2. The van der Waals surface area contributed by atoms with E-state index in [0.29, 0.717) is 27.9 Å². The average molecular weight is 380 g/mol. The normalized spacial score (nSPS) is 10.3. The van der Waals surface area contributed by atoms with Gasteiger partial charge in [0.1, 0.15) is 4.88 Å². The van der Waals surface area contributed by atoms with Gasteiger partial charge in [0.05, 0.1) is 5.69 Å². The summed E-state index contributed by atoms with van der Waals surface area (Å²) in [6, 6.07) is 16.8. The van der Waals surface area contributed by atoms with Gasteiger partial charge >= 0.3 is 6.03 Å². The zero-order chi connectivity index (χ0) is 19.2. The van der Waals surface area contributed by atoms with Crippen molar-refractivity contribution in [1.82, 2.24) is 10.3 Å². The number of benzene rings is 2. The number of aromatic nitrogens is 1. The van der Waals surface area contributed by atoms with Gasteiger partial charge in [-0.2, -0.15) is 0 Å². The van der Waals surface area contributed by atoms with E-state index in [1.807, 2.05) is 61.5 Å². The number of hydrogen-bond acceptors (Lipinski definition) is 4. The molecule has 3 rings (SSSR count). The monoisotopic (exact) mass is 380 g/mol. The lowest BCUT2D eigenvalue weighted by Crippen LogP contribution is -2.22. The summed E-state index contributed by atoms with van der Waals surface area (Å²) in [7, 11) is 0. The van der Waals surface area contributed by atoms with Crippen molar-refractivity contribution in [3.05, 3.63) is 76.3 Å². The van der Waals surface area contributed by atoms with Gasteiger partial charge in [0.25, 0.3) is 5.91 Å². The van der Waals surface area contributed by atoms with E-state index in [1.54, 1.807) is 6.92 Å². The summed E-state index contributed by atoms with van der Waals surface area (Å²) in [5, 5.41) is 8.66. The molecule has 3 aromatic rings. The van der Waals surface area contributed by atoms with Crippen LogP contribution in [0.15, 0.2) is 54.6 Å². The SMILES string of the molecule is Cc1ccc(NC(=O)Nc2nc(C)c(C(=O)NCc3ccccc3)s2)cc1. The fourth-order valence-electron chi connectivity index (χ4n) is 2.42. The molecule has 7 heteroatoms. The van der Waals surface area contributed by atoms with Gasteiger partial charge in [-0.05, 0) is 31.5 Å². The molecule has 1 aromatic heterocycles. The second-order valence-electron chi connectivity index (χ2n) is 6.05. The molecule has 0 atom stereocenters. The van der Waals surface area contributed by atoms with Gasteiger partial charge in [0.15, 0.2) is 5.13 Å². The topological polar surface area (TPSA) is 83.1 Å². The highest BCUT2D eigenvalue weighted by molar-refractivity contribution is 7.17. The van der Waals surface area contributed by atoms with Gasteiger partial charge in [0, 0.05) is 12.2 Å². The second kappa shape index (κ2) is 8.46. The number of hydrogen-bond donors (Lipinski definition) is 3. The van der Waals surface area contributed by atoms with Crippen molar-refractivity contribution in [2.24, 2.45) is 0 Å². The number of carbonyl (C=O) groups is 2. The van der Waals surface area contributed by atoms with Crippen molar-refractivity contribution in [3.63, 3.8) is 0 Å². The maximum Gasteiger partial charge on any atom is 0.325 e. The Bertz CT molecular complexity index is 936. The van der Waals surface area contributed by atoms with E-state index in [1.165, 1.54) is 0 Å². The molecule has 138 valence electrons. The van der Waals surface area contributed by atoms with Crippen LogP contribution in [0.4, 0.5) is 15.6 Å². The van der Waals surface area contributed by atoms with Gasteiger partial charge in [0.2, 0.25) is 0 Å². The summed E-state index contributed by atoms with van der Waals surface area (Å²) in [6.45, 7) is 4.16. The molecule has 0 aliphatic heterocycles. The molecule has 0 unspecified atom stereocenters. The minimum absolute atomic E-state index is 0.208. The summed E-state index contributed by atoms with van der Waals surface area (Å²) < 4.78 is 0. The first-order chi connectivity index (χ1) is 13.0. The van der Waals surface area contributed by atoms with Crippen molar-refractivity contribution in [1.29, 1.82) is 0 Å². The molecule has 2 aromatic carbocycles. The van der Waals surface area contributed by atoms with E-state index in [0.717, 1.165) is 22.5 Å². The Labute approximate surface area is 161 Å². The molecular weight excluding hydrogens is 360 g/mol. The van der Waals surface area contributed by atoms with Crippen LogP contribution in [0.1, 0.15) is 26.5 Å². The molecule has 0 fully saturated rings. The summed E-state index contributed by atoms with van der Waals surface area (Å²) in [5.41, 5.74) is 3.40. The Morgan fingerprint density at radius 2 is 1.67 bits per heavy atom. The van der Waals surface area contributed by atoms with Crippen LogP contribution in [-0.4, -0.2) is 16.9 Å². The summed E-state index contributed by atoms with van der Waals surface area (Å²) in [6.07, 6.45) is 0. The highest BCUT2D eigenvalue weighted by Crippen LogP contribution is 2.23. The smallest absolute Gasteiger partial charge is 0.325 e. The summed E-state index contributed by atoms with van der Waals surface area (Å²) in [5.74, 6) is -0.208. The van der Waals surface area contributed by atoms with E-state index < -0.39 is 6.03 Å². The molecule has 3 amide bonds. The lowest BCUT2D eigenvalue weighted by Gasteiger charge is -2.05. The Balaban J connectivity index is 1.59. The van der Waals surface area contributed by atoms with E-state index >= 15 is 0 Å². The molecule has 0 bridgehead atoms. The van der Waals surface area contributed by atoms with Crippen LogP contribution in [0.5, 0.6) is 0 Å². The molecule has 3 N–H and O–H groups in total. The molecule has 27 heavy (non-hydrogen) atoms. The number of urea groups is 1. The van der Waals surface area contributed by atoms with Crippen molar-refractivity contribution < 1.29 is 9.59 Å². The van der Waals surface area contributed by atoms with E-state index in [-0.39, 0.29) is 5.91 Å². The van der Waals surface area contributed by atoms with Crippen molar-refractivity contribution >= 4 is 34.1 Å². The fourth-order valence-corrected chi connectivity index (χ4v) is 3.29. The van der Waals surface area contributed by atoms with Gasteiger partial charge < -0.3 is 10.6 Å². The molecule has 0 aliphatic rings. The first-order valence-electron chi connectivity index (χ1n) is 8.45. The molecule has 0 saturated heterocycles. The molecule has 1 heterocycles. The number of anilines is 2. The van der Waals surface area contributed by atoms with Crippen LogP contribution in [0.3, 0.4) is 0 Å². The Morgan fingerprint density at radius 1 is 0.963 bits per heavy atom. The summed E-state index contributed by atoms with van der Waals surface area (Å²) >= 11 is 1.15. The molecular formula is C20H20N4O2S. The lowest BCUT2D eigenvalue weighted by molar-refractivity contribution is 0.0954. The number of amides is 3. The number of nitrogens with one attached hydrogen (secondary N) is 3. The first kappa shape index (κ1) is 18.6. The lowest BCUT2D eigenvalue weighted by atomic mass is 10.2. The van der Waals surface area contributed by atoms with Gasteiger partial charge in [-0.25, -0.2) is 9.78 Å². The zero-order valence-corrected chi connectivity index (χ0v) is 15.9. The predicted molar refractivity (Wildman–Crippen MR) is 108 cm³/mol. The Hall–Kier alpha value is -3.19. The first-order valence-corrected chi connectivity index (χ1v) is 9.27. The zero-order valence-electron chi connectivity index (χ0n) is 15.1. The van der Waals surface area contributed by atoms with E-state index in [2.05, 4.69) is 20.9 Å². The molecule has 0 saturated carbocycles. The van der Waals surface area contributed by atoms with Crippen LogP contribution in [0.25, 0.3) is 0 Å². The van der Waals surface area contributed by atoms with Crippen LogP contribution in [-0.2, 0) is 6.54 Å². The van der Waals surface area contributed by atoms with Crippen molar-refractivity contribution in [2.45, 2.75) is 20.4 Å². The predicted octanol–water partition coefficient (Wildman–Crippen LogP) is 4.33. The average Bonchev–Trinajstić information content (AvgIpc) is 3.02. The van der Waals surface area contributed by atoms with Gasteiger partial charge in [-0.3, -0.25) is 10.1 Å². The third kappa shape index (κ3) is 5.15. The van der Waals surface area contributed by atoms with Crippen LogP contribution in [0.2, 0.25) is 0 Å². The van der Waals surface area contributed by atoms with Crippen molar-refractivity contribution in [3.8, 4) is 0 Å². The van der Waals surface area contributed by atoms with Crippen LogP contribution in [0, 0.1) is 13.8 Å². The van der Waals surface area contributed by atoms with E-state index in [4.69, 9.17) is 0 Å². The van der Waals surface area contributed by atoms with Crippen LogP contribution < -0.4 is 16.0 Å². The quantitative estimate of drug-likeness (QED) is 0.616. The van der Waals surface area contributed by atoms with Crippen LogP contribution >= 0.6 is 11.3 Å². The maximum absolute atomic E-state index is 12.4. The highest BCUT2D eigenvalue weighted by atomic mass is 32.1. The van der Waals surface area contributed by atoms with Gasteiger partial charge in [-0.1, -0.05) is 59.4 Å². The molecule has 0 spiro atoms. The number of thiazole rings is 1. The molecule has 0 aliphatic carbocycles. The largest absolute Gasteiger partial charge is 0.347 e. The minimum Gasteiger partial charge on any atom is -0.347 e. The summed E-state index contributed by atoms with van der Waals surface area (Å²) in [4.78, 5) is 29.3. The van der Waals surface area contributed by atoms with Gasteiger partial charge in [-0.15, -0.1) is 0 Å². The van der Waals surface area contributed by atoms with E-state index in [9.17, 15) is 9.59 Å². The third-order valence-electron chi connectivity index (χ3n) is 3.83. The third-order valence-corrected chi connectivity index (χ3v) is 4.90. The Morgan fingerprint density at radius 3 is 2.37 bits per heavy atom. The van der Waals surface area contributed by atoms with Crippen molar-refractivity contribution in [2.75, 3.05) is 10.6 Å².